The van der Waals surface area contributed by atoms with Gasteiger partial charge < -0.3 is 9.47 Å². The molecule has 2 aromatic carbocycles. The fourth-order valence-electron chi connectivity index (χ4n) is 3.64. The normalized spacial score (nSPS) is 21.2. The zero-order chi connectivity index (χ0) is 17.2. The van der Waals surface area contributed by atoms with Crippen molar-refractivity contribution in [2.24, 2.45) is 5.10 Å². The number of nitrogens with zero attached hydrogens (tertiary/aromatic N) is 2. The highest BCUT2D eigenvalue weighted by molar-refractivity contribution is 6.01. The number of hydrazone groups is 1. The van der Waals surface area contributed by atoms with Crippen LogP contribution in [-0.2, 0) is 0 Å². The molecule has 0 amide bonds. The third-order valence-electron chi connectivity index (χ3n) is 4.79. The van der Waals surface area contributed by atoms with Crippen molar-refractivity contribution in [3.05, 3.63) is 59.7 Å². The monoisotopic (exact) mass is 336 g/mol. The first kappa shape index (κ1) is 16.0. The minimum Gasteiger partial charge on any atom is -0.494 e. The molecule has 4 rings (SSSR count). The lowest BCUT2D eigenvalue weighted by Gasteiger charge is -2.38. The summed E-state index contributed by atoms with van der Waals surface area (Å²) < 4.78 is 12.0. The lowest BCUT2D eigenvalue weighted by molar-refractivity contribution is -0.0224. The van der Waals surface area contributed by atoms with Crippen molar-refractivity contribution >= 4 is 5.71 Å². The van der Waals surface area contributed by atoms with Crippen molar-refractivity contribution in [1.29, 1.82) is 0 Å². The number of fused-ring (bicyclic) bond motifs is 3. The van der Waals surface area contributed by atoms with E-state index in [0.29, 0.717) is 6.61 Å². The first-order valence-electron chi connectivity index (χ1n) is 9.14. The Morgan fingerprint density at radius 1 is 1.16 bits per heavy atom. The van der Waals surface area contributed by atoms with Crippen LogP contribution < -0.4 is 9.47 Å². The zero-order valence-corrected chi connectivity index (χ0v) is 14.8. The van der Waals surface area contributed by atoms with Gasteiger partial charge in [-0.3, -0.25) is 5.01 Å². The molecule has 2 atom stereocenters. The van der Waals surface area contributed by atoms with E-state index in [1.54, 1.807) is 0 Å². The van der Waals surface area contributed by atoms with Crippen LogP contribution in [-0.4, -0.2) is 23.6 Å². The summed E-state index contributed by atoms with van der Waals surface area (Å²) in [5.74, 6) is 1.86. The van der Waals surface area contributed by atoms with Gasteiger partial charge in [0, 0.05) is 18.4 Å². The van der Waals surface area contributed by atoms with Gasteiger partial charge in [-0.05, 0) is 30.7 Å². The van der Waals surface area contributed by atoms with Gasteiger partial charge in [0.2, 0.25) is 0 Å². The molecule has 0 aliphatic carbocycles. The standard InChI is InChI=1S/C21H24N2O2/c1-3-8-21-23-19(14-18(22-23)15-9-6-5-7-10-15)17-13-16(24-4-2)11-12-20(17)25-21/h5-7,9-13,19,21H,3-4,8,14H2,1-2H3/t19-,21-/m0/s1. The van der Waals surface area contributed by atoms with Crippen molar-refractivity contribution in [2.75, 3.05) is 6.61 Å². The van der Waals surface area contributed by atoms with Crippen LogP contribution in [0.2, 0.25) is 0 Å². The maximum Gasteiger partial charge on any atom is 0.187 e. The van der Waals surface area contributed by atoms with Gasteiger partial charge in [-0.1, -0.05) is 43.7 Å². The Morgan fingerprint density at radius 3 is 2.76 bits per heavy atom. The van der Waals surface area contributed by atoms with E-state index in [1.165, 1.54) is 11.1 Å². The second-order valence-corrected chi connectivity index (χ2v) is 6.51. The molecule has 4 heteroatoms. The van der Waals surface area contributed by atoms with Crippen LogP contribution >= 0.6 is 0 Å². The second-order valence-electron chi connectivity index (χ2n) is 6.51. The molecule has 2 aliphatic heterocycles. The lowest BCUT2D eigenvalue weighted by atomic mass is 9.96. The third-order valence-corrected chi connectivity index (χ3v) is 4.79. The van der Waals surface area contributed by atoms with Gasteiger partial charge in [-0.15, -0.1) is 0 Å². The summed E-state index contributed by atoms with van der Waals surface area (Å²) in [6.07, 6.45) is 2.93. The number of hydrogen-bond acceptors (Lipinski definition) is 4. The zero-order valence-electron chi connectivity index (χ0n) is 14.8. The molecule has 2 aromatic rings. The number of ether oxygens (including phenoxy) is 2. The molecule has 0 spiro atoms. The van der Waals surface area contributed by atoms with Crippen LogP contribution in [0.3, 0.4) is 0 Å². The van der Waals surface area contributed by atoms with Gasteiger partial charge in [0.25, 0.3) is 0 Å². The van der Waals surface area contributed by atoms with Gasteiger partial charge in [-0.2, -0.15) is 5.10 Å². The van der Waals surface area contributed by atoms with E-state index in [9.17, 15) is 0 Å². The van der Waals surface area contributed by atoms with Crippen LogP contribution in [0.4, 0.5) is 0 Å². The van der Waals surface area contributed by atoms with Crippen LogP contribution in [0.1, 0.15) is 50.3 Å². The molecule has 0 aromatic heterocycles. The minimum atomic E-state index is 0.00153. The Balaban J connectivity index is 1.71. The molecule has 0 bridgehead atoms. The van der Waals surface area contributed by atoms with Crippen molar-refractivity contribution in [1.82, 2.24) is 5.01 Å². The van der Waals surface area contributed by atoms with Gasteiger partial charge >= 0.3 is 0 Å². The number of hydrogen-bond donors (Lipinski definition) is 0. The summed E-state index contributed by atoms with van der Waals surface area (Å²) >= 11 is 0. The summed E-state index contributed by atoms with van der Waals surface area (Å²) in [7, 11) is 0. The van der Waals surface area contributed by atoms with Crippen molar-refractivity contribution in [3.8, 4) is 11.5 Å². The highest BCUT2D eigenvalue weighted by Gasteiger charge is 2.39. The highest BCUT2D eigenvalue weighted by atomic mass is 16.5. The van der Waals surface area contributed by atoms with Crippen LogP contribution in [0, 0.1) is 0 Å². The summed E-state index contributed by atoms with van der Waals surface area (Å²) in [5, 5.41) is 7.10. The Bertz CT molecular complexity index is 773. The SMILES string of the molecule is CCC[C@@H]1Oc2ccc(OCC)cc2[C@@H]2CC(c3ccccc3)=NN12. The Labute approximate surface area is 149 Å². The fourth-order valence-corrected chi connectivity index (χ4v) is 3.64. The summed E-state index contributed by atoms with van der Waals surface area (Å²) in [6, 6.07) is 16.8. The molecule has 0 fully saturated rings. The van der Waals surface area contributed by atoms with Gasteiger partial charge in [0.1, 0.15) is 11.5 Å². The maximum absolute atomic E-state index is 6.27. The average molecular weight is 336 g/mol. The molecule has 4 nitrogen and oxygen atoms in total. The largest absolute Gasteiger partial charge is 0.494 e. The van der Waals surface area contributed by atoms with E-state index < -0.39 is 0 Å². The molecular formula is C21H24N2O2. The van der Waals surface area contributed by atoms with Gasteiger partial charge in [-0.25, -0.2) is 0 Å². The average Bonchev–Trinajstić information content (AvgIpc) is 3.09. The Kier molecular flexibility index (Phi) is 4.35. The highest BCUT2D eigenvalue weighted by Crippen LogP contribution is 2.45. The van der Waals surface area contributed by atoms with E-state index in [0.717, 1.165) is 36.5 Å². The molecule has 0 N–H and O–H groups in total. The topological polar surface area (TPSA) is 34.1 Å². The van der Waals surface area contributed by atoms with Crippen LogP contribution in [0.25, 0.3) is 0 Å². The molecule has 130 valence electrons. The van der Waals surface area contributed by atoms with Crippen molar-refractivity contribution in [2.45, 2.75) is 45.4 Å². The molecule has 2 heterocycles. The first-order valence-corrected chi connectivity index (χ1v) is 9.14. The molecule has 0 unspecified atom stereocenters. The predicted molar refractivity (Wildman–Crippen MR) is 99.1 cm³/mol. The first-order chi connectivity index (χ1) is 12.3. The smallest absolute Gasteiger partial charge is 0.187 e. The maximum atomic E-state index is 6.27. The molecule has 25 heavy (non-hydrogen) atoms. The van der Waals surface area contributed by atoms with Crippen molar-refractivity contribution < 1.29 is 9.47 Å². The number of benzene rings is 2. The van der Waals surface area contributed by atoms with Crippen LogP contribution in [0.5, 0.6) is 11.5 Å². The lowest BCUT2D eigenvalue weighted by Crippen LogP contribution is -2.40. The summed E-state index contributed by atoms with van der Waals surface area (Å²) in [5.41, 5.74) is 3.49. The van der Waals surface area contributed by atoms with E-state index >= 15 is 0 Å². The second kappa shape index (κ2) is 6.79. The Morgan fingerprint density at radius 2 is 2.00 bits per heavy atom. The van der Waals surface area contributed by atoms with E-state index in [1.807, 2.05) is 25.1 Å². The third kappa shape index (κ3) is 2.97. The molecule has 0 saturated heterocycles. The molecule has 2 aliphatic rings. The predicted octanol–water partition coefficient (Wildman–Crippen LogP) is 4.76. The quantitative estimate of drug-likeness (QED) is 0.790. The number of rotatable bonds is 5. The minimum absolute atomic E-state index is 0.00153. The summed E-state index contributed by atoms with van der Waals surface area (Å²) in [4.78, 5) is 0. The van der Waals surface area contributed by atoms with Gasteiger partial charge in [0.15, 0.2) is 6.23 Å². The Hall–Kier alpha value is -2.49. The van der Waals surface area contributed by atoms with E-state index in [2.05, 4.69) is 42.3 Å². The fraction of sp³-hybridized carbons (Fsp3) is 0.381. The molecular weight excluding hydrogens is 312 g/mol. The molecule has 0 radical (unpaired) electrons. The summed E-state index contributed by atoms with van der Waals surface area (Å²) in [6.45, 7) is 4.86. The van der Waals surface area contributed by atoms with Crippen molar-refractivity contribution in [3.63, 3.8) is 0 Å². The van der Waals surface area contributed by atoms with E-state index in [-0.39, 0.29) is 12.3 Å². The van der Waals surface area contributed by atoms with E-state index in [4.69, 9.17) is 14.6 Å². The van der Waals surface area contributed by atoms with Crippen LogP contribution in [0.15, 0.2) is 53.6 Å². The molecule has 0 saturated carbocycles. The van der Waals surface area contributed by atoms with Gasteiger partial charge in [0.05, 0.1) is 18.4 Å².